The monoisotopic (exact) mass is 195 g/mol. The summed E-state index contributed by atoms with van der Waals surface area (Å²) in [4.78, 5) is 13.2. The lowest BCUT2D eigenvalue weighted by Gasteiger charge is -2.42. The molecule has 3 heteroatoms. The minimum Gasteiger partial charge on any atom is -0.432 e. The summed E-state index contributed by atoms with van der Waals surface area (Å²) < 4.78 is 5.18. The first-order valence-electron chi connectivity index (χ1n) is 4.82. The lowest BCUT2D eigenvalue weighted by Crippen LogP contribution is -2.54. The van der Waals surface area contributed by atoms with E-state index in [1.165, 1.54) is 0 Å². The van der Waals surface area contributed by atoms with E-state index in [0.717, 1.165) is 0 Å². The van der Waals surface area contributed by atoms with Gasteiger partial charge >= 0.3 is 6.09 Å². The number of amides is 1. The van der Waals surface area contributed by atoms with Crippen LogP contribution >= 0.6 is 0 Å². The zero-order valence-electron chi connectivity index (χ0n) is 9.20. The van der Waals surface area contributed by atoms with E-state index < -0.39 is 6.10 Å². The Kier molecular flexibility index (Phi) is 2.75. The number of cyclic esters (lactones) is 1. The maximum Gasteiger partial charge on any atom is 0.411 e. The molecular weight excluding hydrogens is 178 g/mol. The molecule has 0 aromatic rings. The van der Waals surface area contributed by atoms with E-state index in [0.29, 0.717) is 6.54 Å². The Labute approximate surface area is 85.4 Å². The third-order valence-electron chi connectivity index (χ3n) is 2.52. The molecule has 0 saturated carbocycles. The molecule has 0 spiro atoms. The van der Waals surface area contributed by atoms with Gasteiger partial charge in [0.15, 0.2) is 6.10 Å². The van der Waals surface area contributed by atoms with Crippen LogP contribution in [0.25, 0.3) is 0 Å². The highest BCUT2D eigenvalue weighted by Gasteiger charge is 2.41. The fourth-order valence-electron chi connectivity index (χ4n) is 1.57. The number of terminal acetylenes is 1. The van der Waals surface area contributed by atoms with Crippen molar-refractivity contribution in [1.82, 2.24) is 4.90 Å². The first kappa shape index (κ1) is 10.9. The van der Waals surface area contributed by atoms with Gasteiger partial charge in [-0.1, -0.05) is 19.8 Å². The van der Waals surface area contributed by atoms with Gasteiger partial charge in [0.05, 0.1) is 0 Å². The van der Waals surface area contributed by atoms with Crippen molar-refractivity contribution in [2.75, 3.05) is 6.54 Å². The average Bonchev–Trinajstić information content (AvgIpc) is 2.07. The molecule has 0 N–H and O–H groups in total. The van der Waals surface area contributed by atoms with Crippen LogP contribution in [0.5, 0.6) is 0 Å². The van der Waals surface area contributed by atoms with E-state index in [9.17, 15) is 4.79 Å². The second kappa shape index (κ2) is 3.53. The van der Waals surface area contributed by atoms with Crippen molar-refractivity contribution in [1.29, 1.82) is 0 Å². The number of hydrogen-bond acceptors (Lipinski definition) is 2. The minimum absolute atomic E-state index is 0.153. The lowest BCUT2D eigenvalue weighted by atomic mass is 9.85. The molecule has 0 bridgehead atoms. The summed E-state index contributed by atoms with van der Waals surface area (Å²) in [6, 6.07) is 0.153. The van der Waals surface area contributed by atoms with Crippen LogP contribution in [0.15, 0.2) is 0 Å². The fraction of sp³-hybridized carbons (Fsp3) is 0.727. The van der Waals surface area contributed by atoms with Gasteiger partial charge in [-0.2, -0.15) is 0 Å². The quantitative estimate of drug-likeness (QED) is 0.598. The van der Waals surface area contributed by atoms with Gasteiger partial charge in [-0.3, -0.25) is 0 Å². The predicted molar refractivity (Wildman–Crippen MR) is 54.7 cm³/mol. The van der Waals surface area contributed by atoms with Crippen LogP contribution in [-0.4, -0.2) is 29.7 Å². The highest BCUT2D eigenvalue weighted by atomic mass is 16.6. The Morgan fingerprint density at radius 1 is 1.64 bits per heavy atom. The molecule has 1 saturated heterocycles. The smallest absolute Gasteiger partial charge is 0.411 e. The van der Waals surface area contributed by atoms with E-state index >= 15 is 0 Å². The van der Waals surface area contributed by atoms with Gasteiger partial charge in [0.2, 0.25) is 0 Å². The highest BCUT2D eigenvalue weighted by molar-refractivity contribution is 5.69. The number of rotatable bonds is 1. The summed E-state index contributed by atoms with van der Waals surface area (Å²) in [5.41, 5.74) is -0.174. The number of nitrogens with zero attached hydrogens (tertiary/aromatic N) is 1. The molecule has 1 aliphatic rings. The molecule has 0 aromatic heterocycles. The third kappa shape index (κ3) is 1.84. The van der Waals surface area contributed by atoms with Crippen LogP contribution in [0, 0.1) is 17.8 Å². The maximum absolute atomic E-state index is 11.5. The van der Waals surface area contributed by atoms with Crippen molar-refractivity contribution in [3.63, 3.8) is 0 Å². The Morgan fingerprint density at radius 3 is 2.64 bits per heavy atom. The highest BCUT2D eigenvalue weighted by Crippen LogP contribution is 2.30. The molecular formula is C11H17NO2. The van der Waals surface area contributed by atoms with Crippen molar-refractivity contribution in [3.8, 4) is 12.3 Å². The molecule has 1 unspecified atom stereocenters. The average molecular weight is 195 g/mol. The van der Waals surface area contributed by atoms with Crippen LogP contribution in [0.2, 0.25) is 0 Å². The Bertz CT molecular complexity index is 276. The van der Waals surface area contributed by atoms with Gasteiger partial charge in [0.1, 0.15) is 0 Å². The molecule has 1 heterocycles. The van der Waals surface area contributed by atoms with Crippen LogP contribution in [-0.2, 0) is 4.74 Å². The van der Waals surface area contributed by atoms with Crippen LogP contribution < -0.4 is 0 Å². The van der Waals surface area contributed by atoms with Crippen molar-refractivity contribution in [2.24, 2.45) is 5.41 Å². The summed E-state index contributed by atoms with van der Waals surface area (Å²) in [5.74, 6) is 2.51. The third-order valence-corrected chi connectivity index (χ3v) is 2.52. The van der Waals surface area contributed by atoms with Crippen molar-refractivity contribution < 1.29 is 9.53 Å². The summed E-state index contributed by atoms with van der Waals surface area (Å²) in [7, 11) is 0. The molecule has 1 fully saturated rings. The van der Waals surface area contributed by atoms with Crippen LogP contribution in [0.3, 0.4) is 0 Å². The standard InChI is InChI=1S/C11H17NO2/c1-6-9-11(4,5)7-12(8(2)3)10(13)14-9/h1,8-9H,7H2,2-5H3. The van der Waals surface area contributed by atoms with E-state index in [2.05, 4.69) is 5.92 Å². The van der Waals surface area contributed by atoms with E-state index in [1.807, 2.05) is 27.7 Å². The van der Waals surface area contributed by atoms with Gasteiger partial charge in [0.25, 0.3) is 0 Å². The molecule has 3 nitrogen and oxygen atoms in total. The fourth-order valence-corrected chi connectivity index (χ4v) is 1.57. The van der Waals surface area contributed by atoms with Crippen molar-refractivity contribution in [3.05, 3.63) is 0 Å². The summed E-state index contributed by atoms with van der Waals surface area (Å²) >= 11 is 0. The van der Waals surface area contributed by atoms with Crippen LogP contribution in [0.4, 0.5) is 4.79 Å². The molecule has 0 aromatic carbocycles. The molecule has 1 rings (SSSR count). The van der Waals surface area contributed by atoms with Gasteiger partial charge < -0.3 is 9.64 Å². The number of ether oxygens (including phenoxy) is 1. The molecule has 0 radical (unpaired) electrons. The molecule has 78 valence electrons. The first-order valence-corrected chi connectivity index (χ1v) is 4.82. The summed E-state index contributed by atoms with van der Waals surface area (Å²) in [6.07, 6.45) is 4.60. The Morgan fingerprint density at radius 2 is 2.21 bits per heavy atom. The van der Waals surface area contributed by atoms with Gasteiger partial charge in [0, 0.05) is 18.0 Å². The second-order valence-electron chi connectivity index (χ2n) is 4.64. The zero-order valence-corrected chi connectivity index (χ0v) is 9.20. The van der Waals surface area contributed by atoms with E-state index in [-0.39, 0.29) is 17.6 Å². The topological polar surface area (TPSA) is 29.5 Å². The van der Waals surface area contributed by atoms with Gasteiger partial charge in [-0.25, -0.2) is 4.79 Å². The number of carbonyl (C=O) groups is 1. The Hall–Kier alpha value is -1.17. The summed E-state index contributed by atoms with van der Waals surface area (Å²) in [5, 5.41) is 0. The largest absolute Gasteiger partial charge is 0.432 e. The normalized spacial score (nSPS) is 25.9. The second-order valence-corrected chi connectivity index (χ2v) is 4.64. The van der Waals surface area contributed by atoms with E-state index in [4.69, 9.17) is 11.2 Å². The molecule has 1 aliphatic heterocycles. The van der Waals surface area contributed by atoms with Crippen molar-refractivity contribution >= 4 is 6.09 Å². The first-order chi connectivity index (χ1) is 6.38. The molecule has 0 aliphatic carbocycles. The minimum atomic E-state index is -0.412. The molecule has 1 atom stereocenters. The SMILES string of the molecule is C#CC1OC(=O)N(C(C)C)CC1(C)C. The summed E-state index contributed by atoms with van der Waals surface area (Å²) in [6.45, 7) is 8.61. The van der Waals surface area contributed by atoms with Gasteiger partial charge in [-0.05, 0) is 13.8 Å². The molecule has 14 heavy (non-hydrogen) atoms. The predicted octanol–water partition coefficient (Wildman–Crippen LogP) is 1.88. The molecule has 1 amide bonds. The van der Waals surface area contributed by atoms with E-state index in [1.54, 1.807) is 4.90 Å². The Balaban J connectivity index is 2.84. The maximum atomic E-state index is 11.5. The van der Waals surface area contributed by atoms with Crippen molar-refractivity contribution in [2.45, 2.75) is 39.8 Å². The van der Waals surface area contributed by atoms with Crippen LogP contribution in [0.1, 0.15) is 27.7 Å². The number of hydrogen-bond donors (Lipinski definition) is 0. The lowest BCUT2D eigenvalue weighted by molar-refractivity contribution is -0.0314. The number of carbonyl (C=O) groups excluding carboxylic acids is 1. The van der Waals surface area contributed by atoms with Gasteiger partial charge in [-0.15, -0.1) is 6.42 Å². The zero-order chi connectivity index (χ0) is 10.9.